The van der Waals surface area contributed by atoms with Gasteiger partial charge in [-0.15, -0.1) is 0 Å². The van der Waals surface area contributed by atoms with Crippen LogP contribution in [-0.4, -0.2) is 41.2 Å². The van der Waals surface area contributed by atoms with E-state index in [2.05, 4.69) is 4.99 Å². The molecule has 0 spiro atoms. The Morgan fingerprint density at radius 2 is 2.00 bits per heavy atom. The highest BCUT2D eigenvalue weighted by Crippen LogP contribution is 2.26. The Morgan fingerprint density at radius 3 is 2.67 bits per heavy atom. The fourth-order valence-corrected chi connectivity index (χ4v) is 6.53. The maximum atomic E-state index is 13.2. The molecule has 0 bridgehead atoms. The molecule has 1 aliphatic rings. The smallest absolute Gasteiger partial charge is 0.270 e. The second kappa shape index (κ2) is 9.12. The zero-order valence-electron chi connectivity index (χ0n) is 17.7. The van der Waals surface area contributed by atoms with Crippen molar-refractivity contribution in [2.45, 2.75) is 31.2 Å². The molecule has 0 N–H and O–H groups in total. The molecule has 1 amide bonds. The van der Waals surface area contributed by atoms with Crippen LogP contribution in [0.1, 0.15) is 19.8 Å². The Morgan fingerprint density at radius 1 is 1.27 bits per heavy atom. The zero-order chi connectivity index (χ0) is 23.8. The van der Waals surface area contributed by atoms with Crippen LogP contribution in [0.25, 0.3) is 10.2 Å². The quantitative estimate of drug-likeness (QED) is 0.400. The molecule has 12 heteroatoms. The van der Waals surface area contributed by atoms with E-state index in [0.29, 0.717) is 28.9 Å². The van der Waals surface area contributed by atoms with Crippen LogP contribution in [0, 0.1) is 21.8 Å². The number of aryl methyl sites for hydroxylation is 1. The van der Waals surface area contributed by atoms with E-state index >= 15 is 0 Å². The minimum atomic E-state index is -3.86. The van der Waals surface area contributed by atoms with Crippen LogP contribution < -0.4 is 4.80 Å². The summed E-state index contributed by atoms with van der Waals surface area (Å²) < 4.78 is 42.7. The predicted molar refractivity (Wildman–Crippen MR) is 121 cm³/mol. The van der Waals surface area contributed by atoms with Crippen LogP contribution in [0.4, 0.5) is 10.1 Å². The fraction of sp³-hybridized carbons (Fsp3) is 0.333. The van der Waals surface area contributed by atoms with Gasteiger partial charge in [-0.3, -0.25) is 14.9 Å². The molecular formula is C21H21FN4O5S2. The highest BCUT2D eigenvalue weighted by molar-refractivity contribution is 7.89. The molecule has 2 heterocycles. The number of nitro benzene ring substituents is 1. The number of rotatable bonds is 5. The minimum absolute atomic E-state index is 0.00939. The largest absolute Gasteiger partial charge is 0.317 e. The van der Waals surface area contributed by atoms with E-state index in [1.165, 1.54) is 39.9 Å². The Hall–Kier alpha value is -2.96. The number of hydrogen-bond donors (Lipinski definition) is 0. The average molecular weight is 493 g/mol. The number of benzene rings is 2. The average Bonchev–Trinajstić information content (AvgIpc) is 3.15. The zero-order valence-corrected chi connectivity index (χ0v) is 19.3. The van der Waals surface area contributed by atoms with Crippen molar-refractivity contribution >= 4 is 43.2 Å². The number of thiazole rings is 1. The number of halogens is 1. The lowest BCUT2D eigenvalue weighted by atomic mass is 9.99. The first-order chi connectivity index (χ1) is 15.7. The molecule has 1 aliphatic heterocycles. The van der Waals surface area contributed by atoms with Crippen molar-refractivity contribution < 1.29 is 22.5 Å². The predicted octanol–water partition coefficient (Wildman–Crippen LogP) is 3.30. The first-order valence-corrected chi connectivity index (χ1v) is 12.6. The van der Waals surface area contributed by atoms with Gasteiger partial charge in [0.15, 0.2) is 4.80 Å². The molecule has 1 atom stereocenters. The van der Waals surface area contributed by atoms with E-state index in [-0.39, 0.29) is 23.7 Å². The number of carbonyl (C=O) groups is 1. The number of nitrogens with zero attached hydrogens (tertiary/aromatic N) is 4. The van der Waals surface area contributed by atoms with E-state index in [0.717, 1.165) is 17.6 Å². The van der Waals surface area contributed by atoms with E-state index < -0.39 is 32.6 Å². The normalized spacial score (nSPS) is 18.0. The second-order valence-electron chi connectivity index (χ2n) is 7.64. The van der Waals surface area contributed by atoms with Crippen LogP contribution in [0.5, 0.6) is 0 Å². The van der Waals surface area contributed by atoms with Gasteiger partial charge in [-0.05, 0) is 50.1 Å². The van der Waals surface area contributed by atoms with E-state index in [1.807, 2.05) is 6.92 Å². The summed E-state index contributed by atoms with van der Waals surface area (Å²) in [6.07, 6.45) is 0.999. The summed E-state index contributed by atoms with van der Waals surface area (Å²) in [6.45, 7) is 2.66. The van der Waals surface area contributed by atoms with E-state index in [1.54, 1.807) is 10.6 Å². The molecule has 174 valence electrons. The van der Waals surface area contributed by atoms with Crippen LogP contribution in [0.15, 0.2) is 52.4 Å². The highest BCUT2D eigenvalue weighted by atomic mass is 32.2. The SMILES string of the molecule is CCn1c(=NC(=O)C2CCCN(S(=O)(=O)c3ccc(F)cc3)C2)sc2cc([N+](=O)[O-])ccc21. The monoisotopic (exact) mass is 492 g/mol. The Labute approximate surface area is 193 Å². The van der Waals surface area contributed by atoms with Gasteiger partial charge in [-0.1, -0.05) is 11.3 Å². The number of fused-ring (bicyclic) bond motifs is 1. The first-order valence-electron chi connectivity index (χ1n) is 10.3. The molecule has 1 unspecified atom stereocenters. The lowest BCUT2D eigenvalue weighted by Gasteiger charge is -2.30. The summed E-state index contributed by atoms with van der Waals surface area (Å²) in [5.74, 6) is -1.58. The number of non-ortho nitro benzene ring substituents is 1. The topological polar surface area (TPSA) is 115 Å². The van der Waals surface area contributed by atoms with Gasteiger partial charge < -0.3 is 4.57 Å². The highest BCUT2D eigenvalue weighted by Gasteiger charge is 2.33. The van der Waals surface area contributed by atoms with Gasteiger partial charge in [0.2, 0.25) is 10.0 Å². The van der Waals surface area contributed by atoms with Crippen molar-refractivity contribution in [3.63, 3.8) is 0 Å². The summed E-state index contributed by atoms with van der Waals surface area (Å²) in [4.78, 5) is 28.2. The van der Waals surface area contributed by atoms with Crippen molar-refractivity contribution in [1.82, 2.24) is 8.87 Å². The van der Waals surface area contributed by atoms with Crippen molar-refractivity contribution in [3.8, 4) is 0 Å². The van der Waals surface area contributed by atoms with Gasteiger partial charge in [-0.25, -0.2) is 12.8 Å². The van der Waals surface area contributed by atoms with Gasteiger partial charge >= 0.3 is 0 Å². The summed E-state index contributed by atoms with van der Waals surface area (Å²) >= 11 is 1.18. The molecule has 3 aromatic rings. The standard InChI is InChI=1S/C21H21FN4O5S2/c1-2-25-18-10-7-16(26(28)29)12-19(18)32-21(25)23-20(27)14-4-3-11-24(13-14)33(30,31)17-8-5-15(22)6-9-17/h5-10,12,14H,2-4,11,13H2,1H3. The number of nitro groups is 1. The maximum Gasteiger partial charge on any atom is 0.270 e. The molecular weight excluding hydrogens is 471 g/mol. The number of piperidine rings is 1. The van der Waals surface area contributed by atoms with Crippen molar-refractivity contribution in [2.24, 2.45) is 10.9 Å². The van der Waals surface area contributed by atoms with Crippen molar-refractivity contribution in [3.05, 3.63) is 63.2 Å². The molecule has 0 radical (unpaired) electrons. The van der Waals surface area contributed by atoms with Gasteiger partial charge in [0.25, 0.3) is 11.6 Å². The molecule has 4 rings (SSSR count). The van der Waals surface area contributed by atoms with Crippen LogP contribution in [0.3, 0.4) is 0 Å². The molecule has 1 fully saturated rings. The molecule has 1 aromatic heterocycles. The minimum Gasteiger partial charge on any atom is -0.317 e. The summed E-state index contributed by atoms with van der Waals surface area (Å²) in [6, 6.07) is 9.09. The van der Waals surface area contributed by atoms with E-state index in [4.69, 9.17) is 0 Å². The van der Waals surface area contributed by atoms with Crippen LogP contribution >= 0.6 is 11.3 Å². The van der Waals surface area contributed by atoms with Gasteiger partial charge in [0.1, 0.15) is 5.82 Å². The molecule has 33 heavy (non-hydrogen) atoms. The van der Waals surface area contributed by atoms with Gasteiger partial charge in [0.05, 0.1) is 26.0 Å². The van der Waals surface area contributed by atoms with Gasteiger partial charge in [0, 0.05) is 31.8 Å². The second-order valence-corrected chi connectivity index (χ2v) is 10.6. The molecule has 2 aromatic carbocycles. The molecule has 0 aliphatic carbocycles. The summed E-state index contributed by atoms with van der Waals surface area (Å²) in [5.41, 5.74) is 0.697. The Kier molecular flexibility index (Phi) is 6.41. The Bertz CT molecular complexity index is 1400. The first kappa shape index (κ1) is 23.2. The van der Waals surface area contributed by atoms with E-state index in [9.17, 15) is 27.7 Å². The number of sulfonamides is 1. The molecule has 9 nitrogen and oxygen atoms in total. The number of amides is 1. The third-order valence-electron chi connectivity index (χ3n) is 5.58. The molecule has 0 saturated carbocycles. The van der Waals surface area contributed by atoms with Crippen molar-refractivity contribution in [2.75, 3.05) is 13.1 Å². The maximum absolute atomic E-state index is 13.2. The van der Waals surface area contributed by atoms with Crippen LogP contribution in [0.2, 0.25) is 0 Å². The third kappa shape index (κ3) is 4.59. The summed E-state index contributed by atoms with van der Waals surface area (Å²) in [5, 5.41) is 11.1. The third-order valence-corrected chi connectivity index (χ3v) is 8.50. The molecule has 1 saturated heterocycles. The van der Waals surface area contributed by atoms with Crippen LogP contribution in [-0.2, 0) is 21.4 Å². The fourth-order valence-electron chi connectivity index (χ4n) is 3.87. The number of carbonyl (C=O) groups excluding carboxylic acids is 1. The van der Waals surface area contributed by atoms with Gasteiger partial charge in [-0.2, -0.15) is 9.30 Å². The summed E-state index contributed by atoms with van der Waals surface area (Å²) in [7, 11) is -3.86. The van der Waals surface area contributed by atoms with Crippen molar-refractivity contribution in [1.29, 1.82) is 0 Å². The number of aromatic nitrogens is 1. The lowest BCUT2D eigenvalue weighted by molar-refractivity contribution is -0.384. The lowest BCUT2D eigenvalue weighted by Crippen LogP contribution is -2.42. The Balaban J connectivity index is 1.62. The number of hydrogen-bond acceptors (Lipinski definition) is 6.